The molecule has 6 aliphatic rings. The average Bonchev–Trinajstić information content (AvgIpc) is 1.59. The number of hydrogen-bond acceptors (Lipinski definition) is 9. The highest BCUT2D eigenvalue weighted by Crippen LogP contribution is 2.37. The second-order valence-corrected chi connectivity index (χ2v) is 30.7. The fourth-order valence-electron chi connectivity index (χ4n) is 15.6. The van der Waals surface area contributed by atoms with Gasteiger partial charge in [0.2, 0.25) is 17.7 Å². The molecule has 0 spiro atoms. The van der Waals surface area contributed by atoms with E-state index in [-0.39, 0.29) is 83.8 Å². The zero-order chi connectivity index (χ0) is 70.6. The van der Waals surface area contributed by atoms with Gasteiger partial charge < -0.3 is 38.2 Å². The number of amides is 5. The predicted octanol–water partition coefficient (Wildman–Crippen LogP) is 13.1. The van der Waals surface area contributed by atoms with Crippen LogP contribution in [0.3, 0.4) is 0 Å². The van der Waals surface area contributed by atoms with Gasteiger partial charge in [-0.15, -0.1) is 0 Å². The van der Waals surface area contributed by atoms with Crippen LogP contribution in [-0.4, -0.2) is 168 Å². The van der Waals surface area contributed by atoms with Gasteiger partial charge in [-0.2, -0.15) is 0 Å². The number of hydrogen-bond donors (Lipinski definition) is 0. The molecule has 8 aromatic rings. The SMILES string of the molecule is C=CC(=O)N1CC(CC(=O)Cn2c(C)c(C(=O)N3Cc4ccccc4CC3C)c3cc(Br)cc(C)c32)C1.C=CC(=O)N1CC(CC(=O)Cn2cc(C(=O)N3CCN4CCCCC4C3)c3cc(Br)ccc32)C1.C=CC(=O)N1CC(CC(=O)Cn2cc(Cc3ccccc3)c3cc(Br)ccc32)C1. The summed E-state index contributed by atoms with van der Waals surface area (Å²) in [6.07, 6.45) is 14.6. The molecule has 20 heteroatoms. The third kappa shape index (κ3) is 15.9. The highest BCUT2D eigenvalue weighted by Gasteiger charge is 2.37. The Morgan fingerprint density at radius 1 is 0.530 bits per heavy atom. The lowest BCUT2D eigenvalue weighted by Crippen LogP contribution is -2.56. The molecule has 5 amide bonds. The van der Waals surface area contributed by atoms with Crippen LogP contribution in [0.15, 0.2) is 167 Å². The van der Waals surface area contributed by atoms with Crippen LogP contribution in [0.2, 0.25) is 0 Å². The molecule has 17 nitrogen and oxygen atoms in total. The molecule has 0 N–H and O–H groups in total. The Kier molecular flexibility index (Phi) is 22.4. The number of fused-ring (bicyclic) bond motifs is 5. The van der Waals surface area contributed by atoms with Gasteiger partial charge >= 0.3 is 0 Å². The number of halogens is 3. The minimum absolute atomic E-state index is 0.00535. The summed E-state index contributed by atoms with van der Waals surface area (Å²) >= 11 is 10.7. The number of rotatable bonds is 19. The highest BCUT2D eigenvalue weighted by molar-refractivity contribution is 9.11. The molecule has 6 aliphatic heterocycles. The maximum Gasteiger partial charge on any atom is 0.256 e. The number of piperidine rings is 1. The third-order valence-corrected chi connectivity index (χ3v) is 22.3. The number of carbonyl (C=O) groups excluding carboxylic acids is 8. The number of piperazine rings is 1. The van der Waals surface area contributed by atoms with E-state index < -0.39 is 0 Å². The van der Waals surface area contributed by atoms with E-state index in [1.807, 2.05) is 99.6 Å². The van der Waals surface area contributed by atoms with Gasteiger partial charge in [0.05, 0.1) is 36.3 Å². The summed E-state index contributed by atoms with van der Waals surface area (Å²) < 4.78 is 8.85. The first-order valence-electron chi connectivity index (χ1n) is 34.7. The molecule has 0 saturated carbocycles. The van der Waals surface area contributed by atoms with Crippen molar-refractivity contribution in [2.75, 3.05) is 65.4 Å². The lowest BCUT2D eigenvalue weighted by Gasteiger charge is -2.44. The van der Waals surface area contributed by atoms with Gasteiger partial charge in [-0.25, -0.2) is 0 Å². The predicted molar refractivity (Wildman–Crippen MR) is 402 cm³/mol. The number of benzene rings is 5. The van der Waals surface area contributed by atoms with Crippen LogP contribution in [0.4, 0.5) is 0 Å². The van der Waals surface area contributed by atoms with E-state index in [1.54, 1.807) is 14.7 Å². The Bertz CT molecular complexity index is 4530. The van der Waals surface area contributed by atoms with Gasteiger partial charge in [-0.05, 0) is 148 Å². The number of carbonyl (C=O) groups is 8. The molecular weight excluding hydrogens is 1450 g/mol. The van der Waals surface area contributed by atoms with Crippen LogP contribution >= 0.6 is 47.8 Å². The molecular formula is C80H86Br3N9O8. The van der Waals surface area contributed by atoms with Crippen molar-refractivity contribution in [3.05, 3.63) is 212 Å². The molecule has 2 atom stereocenters. The number of aromatic nitrogens is 3. The van der Waals surface area contributed by atoms with Gasteiger partial charge in [0.1, 0.15) is 0 Å². The molecule has 3 aromatic heterocycles. The summed E-state index contributed by atoms with van der Waals surface area (Å²) in [5.41, 5.74) is 11.0. The lowest BCUT2D eigenvalue weighted by atomic mass is 9.94. The fraction of sp³-hybridized carbons (Fsp3) is 0.375. The molecule has 5 fully saturated rings. The Labute approximate surface area is 609 Å². The van der Waals surface area contributed by atoms with E-state index in [4.69, 9.17) is 0 Å². The summed E-state index contributed by atoms with van der Waals surface area (Å²) in [5.74, 6) is 0.881. The van der Waals surface area contributed by atoms with Crippen molar-refractivity contribution in [3.63, 3.8) is 0 Å². The van der Waals surface area contributed by atoms with Gasteiger partial charge in [0.25, 0.3) is 11.8 Å². The summed E-state index contributed by atoms with van der Waals surface area (Å²) in [6.45, 7) is 25.3. The topological polar surface area (TPSA) is 171 Å². The summed E-state index contributed by atoms with van der Waals surface area (Å²) in [7, 11) is 0. The van der Waals surface area contributed by atoms with Gasteiger partial charge in [-0.1, -0.05) is 129 Å². The zero-order valence-corrected chi connectivity index (χ0v) is 61.9. The van der Waals surface area contributed by atoms with E-state index >= 15 is 0 Å². The molecule has 0 radical (unpaired) electrons. The van der Waals surface area contributed by atoms with Gasteiger partial charge in [0.15, 0.2) is 17.3 Å². The van der Waals surface area contributed by atoms with Crippen molar-refractivity contribution in [3.8, 4) is 0 Å². The normalized spacial score (nSPS) is 17.8. The van der Waals surface area contributed by atoms with E-state index in [1.165, 1.54) is 58.7 Å². The maximum atomic E-state index is 14.1. The Morgan fingerprint density at radius 3 is 1.65 bits per heavy atom. The number of aryl methyl sites for hydroxylation is 1. The summed E-state index contributed by atoms with van der Waals surface area (Å²) in [4.78, 5) is 113. The Balaban J connectivity index is 0.000000143. The van der Waals surface area contributed by atoms with Gasteiger partial charge in [-0.3, -0.25) is 43.3 Å². The third-order valence-electron chi connectivity index (χ3n) is 20.8. The number of nitrogens with zero attached hydrogens (tertiary/aromatic N) is 9. The second-order valence-electron chi connectivity index (χ2n) is 28.0. The maximum absolute atomic E-state index is 14.1. The first kappa shape index (κ1) is 71.5. The lowest BCUT2D eigenvalue weighted by molar-refractivity contribution is -0.134. The molecule has 14 rings (SSSR count). The minimum Gasteiger partial charge on any atom is -0.340 e. The molecule has 520 valence electrons. The van der Waals surface area contributed by atoms with Crippen LogP contribution in [-0.2, 0) is 67.8 Å². The molecule has 5 saturated heterocycles. The first-order chi connectivity index (χ1) is 48.1. The van der Waals surface area contributed by atoms with Crippen LogP contribution in [0.1, 0.15) is 99.7 Å². The summed E-state index contributed by atoms with van der Waals surface area (Å²) in [6, 6.07) is 35.3. The van der Waals surface area contributed by atoms with E-state index in [0.29, 0.717) is 88.8 Å². The Morgan fingerprint density at radius 2 is 1.06 bits per heavy atom. The molecule has 5 aromatic carbocycles. The van der Waals surface area contributed by atoms with Gasteiger partial charge in [0, 0.05) is 173 Å². The van der Waals surface area contributed by atoms with Crippen LogP contribution < -0.4 is 0 Å². The van der Waals surface area contributed by atoms with E-state index in [0.717, 1.165) is 97.4 Å². The highest BCUT2D eigenvalue weighted by atomic mass is 79.9. The zero-order valence-electron chi connectivity index (χ0n) is 57.2. The molecule has 9 heterocycles. The van der Waals surface area contributed by atoms with Crippen molar-refractivity contribution in [1.82, 2.24) is 43.1 Å². The van der Waals surface area contributed by atoms with Crippen LogP contribution in [0.25, 0.3) is 32.7 Å². The second kappa shape index (κ2) is 31.3. The monoisotopic (exact) mass is 1540 g/mol. The number of Topliss-reactive ketones (excluding diaryl/α,β-unsaturated/α-hetero) is 3. The molecule has 2 unspecified atom stereocenters. The standard InChI is InChI=1S/C30H32BrN3O3.C26H31BrN4O3.C24H23BrN2O2/c1-5-27(36)32-14-21(15-32)12-25(35)17-34-20(4)28(26-13-24(31)10-18(2)29(26)34)30(37)33-16-23-9-7-6-8-22(23)11-19(33)3;1-2-25(33)31-13-18(14-31)11-21(32)16-30-17-23(22-12-19(27)6-7-24(22)30)26(34)29-10-9-28-8-4-3-5-20(28)15-29;1-2-24(29)27-13-18(14-27)11-21(28)16-26-15-19(10-17-6-4-3-5-7-17)22-12-20(25)8-9-23(22)26/h5-10,13,19,21H,1,11-12,14-17H2,2-4H3;2,6-7,12,17-18,20H,1,3-5,8-11,13-16H2;2-9,12,15,18H,1,10-11,13-14,16H2. The minimum atomic E-state index is -0.0881. The largest absolute Gasteiger partial charge is 0.340 e. The number of ketones is 3. The molecule has 100 heavy (non-hydrogen) atoms. The smallest absolute Gasteiger partial charge is 0.256 e. The van der Waals surface area contributed by atoms with Crippen molar-refractivity contribution >= 4 is 127 Å². The summed E-state index contributed by atoms with van der Waals surface area (Å²) in [5, 5.41) is 2.92. The molecule has 0 bridgehead atoms. The first-order valence-corrected chi connectivity index (χ1v) is 37.1. The van der Waals surface area contributed by atoms with Crippen molar-refractivity contribution in [2.45, 2.75) is 110 Å². The quantitative estimate of drug-likeness (QED) is 0.0715. The van der Waals surface area contributed by atoms with E-state index in [2.05, 4.69) is 133 Å². The number of likely N-dealkylation sites (tertiary alicyclic amines) is 3. The molecule has 0 aliphatic carbocycles. The van der Waals surface area contributed by atoms with E-state index in [9.17, 15) is 38.4 Å². The fourth-order valence-corrected chi connectivity index (χ4v) is 16.9. The van der Waals surface area contributed by atoms with Crippen molar-refractivity contribution < 1.29 is 38.4 Å². The van der Waals surface area contributed by atoms with Crippen LogP contribution in [0.5, 0.6) is 0 Å². The van der Waals surface area contributed by atoms with Crippen LogP contribution in [0, 0.1) is 31.6 Å². The Hall–Kier alpha value is -8.30. The van der Waals surface area contributed by atoms with Crippen molar-refractivity contribution in [2.24, 2.45) is 17.8 Å². The average molecular weight is 1540 g/mol. The van der Waals surface area contributed by atoms with Crippen molar-refractivity contribution in [1.29, 1.82) is 0 Å².